The van der Waals surface area contributed by atoms with Crippen molar-refractivity contribution in [2.24, 2.45) is 5.73 Å². The third-order valence-electron chi connectivity index (χ3n) is 3.39. The van der Waals surface area contributed by atoms with Gasteiger partial charge in [0.1, 0.15) is 5.82 Å². The van der Waals surface area contributed by atoms with E-state index in [1.807, 2.05) is 10.6 Å². The first-order valence-electron chi connectivity index (χ1n) is 5.76. The van der Waals surface area contributed by atoms with E-state index in [0.717, 1.165) is 24.3 Å². The van der Waals surface area contributed by atoms with Crippen molar-refractivity contribution < 1.29 is 0 Å². The molecule has 1 fully saturated rings. The Bertz CT molecular complexity index is 492. The quantitative estimate of drug-likeness (QED) is 0.776. The van der Waals surface area contributed by atoms with E-state index < -0.39 is 0 Å². The lowest BCUT2D eigenvalue weighted by molar-refractivity contribution is 0.371. The predicted octanol–water partition coefficient (Wildman–Crippen LogP) is 1.11. The fourth-order valence-electron chi connectivity index (χ4n) is 2.50. The van der Waals surface area contributed by atoms with E-state index in [4.69, 9.17) is 5.73 Å². The van der Waals surface area contributed by atoms with Crippen molar-refractivity contribution in [3.63, 3.8) is 0 Å². The van der Waals surface area contributed by atoms with Gasteiger partial charge in [-0.3, -0.25) is 9.38 Å². The molecule has 1 saturated carbocycles. The minimum atomic E-state index is 0.217. The summed E-state index contributed by atoms with van der Waals surface area (Å²) in [6.07, 6.45) is 10.1. The van der Waals surface area contributed by atoms with Crippen LogP contribution in [0.2, 0.25) is 0 Å². The van der Waals surface area contributed by atoms with Crippen LogP contribution in [0.4, 0.5) is 0 Å². The van der Waals surface area contributed by atoms with Crippen LogP contribution in [0.3, 0.4) is 0 Å². The second-order valence-corrected chi connectivity index (χ2v) is 4.42. The first-order valence-corrected chi connectivity index (χ1v) is 5.76. The van der Waals surface area contributed by atoms with Crippen LogP contribution in [0.1, 0.15) is 37.4 Å². The van der Waals surface area contributed by atoms with Crippen LogP contribution in [0.5, 0.6) is 0 Å². The third kappa shape index (κ3) is 1.48. The maximum Gasteiger partial charge on any atom is 0.179 e. The van der Waals surface area contributed by atoms with Crippen LogP contribution in [0, 0.1) is 0 Å². The highest BCUT2D eigenvalue weighted by atomic mass is 15.3. The molecular formula is C11H15N5. The Balaban J connectivity index is 2.04. The van der Waals surface area contributed by atoms with Crippen molar-refractivity contribution in [3.8, 4) is 0 Å². The van der Waals surface area contributed by atoms with Crippen LogP contribution in [-0.2, 0) is 0 Å². The average Bonchev–Trinajstić information content (AvgIpc) is 2.74. The fourth-order valence-corrected chi connectivity index (χ4v) is 2.50. The van der Waals surface area contributed by atoms with E-state index in [9.17, 15) is 0 Å². The molecule has 0 aromatic carbocycles. The van der Waals surface area contributed by atoms with Gasteiger partial charge in [0.15, 0.2) is 5.65 Å². The van der Waals surface area contributed by atoms with Crippen LogP contribution in [-0.4, -0.2) is 25.6 Å². The molecule has 0 amide bonds. The fraction of sp³-hybridized carbons (Fsp3) is 0.545. The Morgan fingerprint density at radius 2 is 2.12 bits per heavy atom. The van der Waals surface area contributed by atoms with Crippen molar-refractivity contribution in [1.29, 1.82) is 0 Å². The number of aromatic nitrogens is 4. The highest BCUT2D eigenvalue weighted by Crippen LogP contribution is 2.30. The molecule has 3 rings (SSSR count). The SMILES string of the molecule is NC1CCCCC1c1nnc2cnccn12. The molecule has 5 heteroatoms. The van der Waals surface area contributed by atoms with Gasteiger partial charge in [-0.2, -0.15) is 0 Å². The minimum absolute atomic E-state index is 0.217. The molecule has 5 nitrogen and oxygen atoms in total. The summed E-state index contributed by atoms with van der Waals surface area (Å²) in [7, 11) is 0. The number of hydrogen-bond donors (Lipinski definition) is 1. The molecule has 0 spiro atoms. The van der Waals surface area contributed by atoms with E-state index in [0.29, 0.717) is 5.92 Å². The summed E-state index contributed by atoms with van der Waals surface area (Å²) in [5, 5.41) is 8.39. The van der Waals surface area contributed by atoms with Crippen LogP contribution in [0.25, 0.3) is 5.65 Å². The second-order valence-electron chi connectivity index (χ2n) is 4.42. The van der Waals surface area contributed by atoms with Crippen molar-refractivity contribution in [1.82, 2.24) is 19.6 Å². The van der Waals surface area contributed by atoms with Gasteiger partial charge >= 0.3 is 0 Å². The van der Waals surface area contributed by atoms with Gasteiger partial charge in [0.25, 0.3) is 0 Å². The Hall–Kier alpha value is -1.49. The monoisotopic (exact) mass is 217 g/mol. The molecule has 1 aliphatic rings. The van der Waals surface area contributed by atoms with Gasteiger partial charge in [0.05, 0.1) is 6.20 Å². The van der Waals surface area contributed by atoms with E-state index in [1.54, 1.807) is 12.4 Å². The number of rotatable bonds is 1. The molecule has 2 atom stereocenters. The van der Waals surface area contributed by atoms with Gasteiger partial charge in [0, 0.05) is 24.4 Å². The summed E-state index contributed by atoms with van der Waals surface area (Å²) >= 11 is 0. The molecule has 2 heterocycles. The van der Waals surface area contributed by atoms with E-state index in [1.165, 1.54) is 12.8 Å². The molecule has 2 unspecified atom stereocenters. The van der Waals surface area contributed by atoms with Gasteiger partial charge in [-0.15, -0.1) is 10.2 Å². The Labute approximate surface area is 93.7 Å². The van der Waals surface area contributed by atoms with E-state index in [2.05, 4.69) is 15.2 Å². The van der Waals surface area contributed by atoms with E-state index in [-0.39, 0.29) is 6.04 Å². The zero-order chi connectivity index (χ0) is 11.0. The van der Waals surface area contributed by atoms with E-state index >= 15 is 0 Å². The third-order valence-corrected chi connectivity index (χ3v) is 3.39. The van der Waals surface area contributed by atoms with Gasteiger partial charge in [-0.1, -0.05) is 12.8 Å². The van der Waals surface area contributed by atoms with Crippen molar-refractivity contribution in [3.05, 3.63) is 24.4 Å². The highest BCUT2D eigenvalue weighted by molar-refractivity contribution is 5.34. The molecule has 2 aromatic rings. The second kappa shape index (κ2) is 3.83. The lowest BCUT2D eigenvalue weighted by Gasteiger charge is -2.26. The molecule has 84 valence electrons. The average molecular weight is 217 g/mol. The Kier molecular flexibility index (Phi) is 2.32. The zero-order valence-corrected chi connectivity index (χ0v) is 9.08. The first kappa shape index (κ1) is 9.72. The number of hydrogen-bond acceptors (Lipinski definition) is 4. The van der Waals surface area contributed by atoms with Crippen molar-refractivity contribution in [2.45, 2.75) is 37.6 Å². The van der Waals surface area contributed by atoms with Crippen LogP contribution in [0.15, 0.2) is 18.6 Å². The minimum Gasteiger partial charge on any atom is -0.327 e. The molecular weight excluding hydrogens is 202 g/mol. The number of nitrogens with two attached hydrogens (primary N) is 1. The normalized spacial score (nSPS) is 26.1. The summed E-state index contributed by atoms with van der Waals surface area (Å²) in [6.45, 7) is 0. The zero-order valence-electron chi connectivity index (χ0n) is 9.08. The van der Waals surface area contributed by atoms with Gasteiger partial charge in [-0.25, -0.2) is 0 Å². The Morgan fingerprint density at radius 1 is 1.25 bits per heavy atom. The lowest BCUT2D eigenvalue weighted by Crippen LogP contribution is -2.32. The predicted molar refractivity (Wildman–Crippen MR) is 60.0 cm³/mol. The standard InChI is InChI=1S/C11H15N5/c12-9-4-2-1-3-8(9)11-15-14-10-7-13-5-6-16(10)11/h5-9H,1-4,12H2. The summed E-state index contributed by atoms with van der Waals surface area (Å²) in [5.41, 5.74) is 6.97. The molecule has 16 heavy (non-hydrogen) atoms. The van der Waals surface area contributed by atoms with Crippen LogP contribution < -0.4 is 5.73 Å². The molecule has 2 aromatic heterocycles. The summed E-state index contributed by atoms with van der Waals surface area (Å²) in [5.74, 6) is 1.33. The largest absolute Gasteiger partial charge is 0.327 e. The Morgan fingerprint density at radius 3 is 3.00 bits per heavy atom. The van der Waals surface area contributed by atoms with Crippen molar-refractivity contribution in [2.75, 3.05) is 0 Å². The number of fused-ring (bicyclic) bond motifs is 1. The van der Waals surface area contributed by atoms with Crippen LogP contribution >= 0.6 is 0 Å². The topological polar surface area (TPSA) is 69.1 Å². The van der Waals surface area contributed by atoms with Gasteiger partial charge < -0.3 is 5.73 Å². The maximum atomic E-state index is 6.16. The number of nitrogens with zero attached hydrogens (tertiary/aromatic N) is 4. The summed E-state index contributed by atoms with van der Waals surface area (Å²) in [4.78, 5) is 4.04. The van der Waals surface area contributed by atoms with Gasteiger partial charge in [-0.05, 0) is 12.8 Å². The molecule has 2 N–H and O–H groups in total. The maximum absolute atomic E-state index is 6.16. The molecule has 0 bridgehead atoms. The summed E-state index contributed by atoms with van der Waals surface area (Å²) < 4.78 is 2.00. The van der Waals surface area contributed by atoms with Gasteiger partial charge in [0.2, 0.25) is 0 Å². The van der Waals surface area contributed by atoms with Crippen molar-refractivity contribution >= 4 is 5.65 Å². The molecule has 0 saturated heterocycles. The first-order chi connectivity index (χ1) is 7.86. The highest BCUT2D eigenvalue weighted by Gasteiger charge is 2.27. The molecule has 1 aliphatic carbocycles. The summed E-state index contributed by atoms with van der Waals surface area (Å²) in [6, 6.07) is 0.217. The smallest absolute Gasteiger partial charge is 0.179 e. The molecule has 0 radical (unpaired) electrons. The lowest BCUT2D eigenvalue weighted by atomic mass is 9.84. The molecule has 0 aliphatic heterocycles.